The second-order valence-electron chi connectivity index (χ2n) is 3.92. The van der Waals surface area contributed by atoms with Gasteiger partial charge in [0.05, 0.1) is 7.11 Å². The van der Waals surface area contributed by atoms with E-state index in [1.165, 1.54) is 0 Å². The van der Waals surface area contributed by atoms with E-state index in [1.807, 2.05) is 19.9 Å². The van der Waals surface area contributed by atoms with Crippen LogP contribution in [0.5, 0.6) is 5.75 Å². The third kappa shape index (κ3) is 2.15. The molecule has 0 atom stereocenters. The number of rotatable bonds is 2. The van der Waals surface area contributed by atoms with E-state index >= 15 is 0 Å². The second kappa shape index (κ2) is 4.41. The van der Waals surface area contributed by atoms with Crippen LogP contribution in [0.3, 0.4) is 0 Å². The van der Waals surface area contributed by atoms with Crippen molar-refractivity contribution in [3.05, 3.63) is 27.9 Å². The summed E-state index contributed by atoms with van der Waals surface area (Å²) >= 11 is 3.42. The molecule has 17 heavy (non-hydrogen) atoms. The van der Waals surface area contributed by atoms with E-state index in [0.29, 0.717) is 5.95 Å². The van der Waals surface area contributed by atoms with Crippen molar-refractivity contribution >= 4 is 21.9 Å². The van der Waals surface area contributed by atoms with Crippen LogP contribution in [-0.4, -0.2) is 17.1 Å². The topological polar surface area (TPSA) is 63.9 Å². The molecule has 5 heteroatoms. The molecule has 3 N–H and O–H groups in total. The fourth-order valence-corrected chi connectivity index (χ4v) is 2.32. The number of H-pyrrole nitrogens is 1. The minimum atomic E-state index is 0.403. The Balaban J connectivity index is 2.60. The van der Waals surface area contributed by atoms with Crippen LogP contribution in [0.1, 0.15) is 11.1 Å². The maximum atomic E-state index is 5.64. The molecule has 2 aromatic rings. The molecular formula is C12H14BrN3O. The van der Waals surface area contributed by atoms with Gasteiger partial charge >= 0.3 is 0 Å². The summed E-state index contributed by atoms with van der Waals surface area (Å²) in [6, 6.07) is 4.05. The summed E-state index contributed by atoms with van der Waals surface area (Å²) in [5, 5.41) is 0. The number of anilines is 1. The molecule has 0 amide bonds. The highest BCUT2D eigenvalue weighted by Crippen LogP contribution is 2.33. The van der Waals surface area contributed by atoms with Crippen LogP contribution in [0.2, 0.25) is 0 Å². The molecule has 0 radical (unpaired) electrons. The van der Waals surface area contributed by atoms with Crippen molar-refractivity contribution in [1.29, 1.82) is 0 Å². The summed E-state index contributed by atoms with van der Waals surface area (Å²) in [4.78, 5) is 7.21. The maximum absolute atomic E-state index is 5.64. The van der Waals surface area contributed by atoms with Gasteiger partial charge < -0.3 is 15.5 Å². The first-order valence-electron chi connectivity index (χ1n) is 5.19. The third-order valence-corrected chi connectivity index (χ3v) is 3.25. The number of ether oxygens (including phenoxy) is 1. The van der Waals surface area contributed by atoms with Gasteiger partial charge in [-0.05, 0) is 53.0 Å². The predicted octanol–water partition coefficient (Wildman–Crippen LogP) is 3.05. The highest BCUT2D eigenvalue weighted by atomic mass is 79.9. The van der Waals surface area contributed by atoms with E-state index in [0.717, 1.165) is 32.7 Å². The van der Waals surface area contributed by atoms with Gasteiger partial charge in [0.15, 0.2) is 5.95 Å². The molecule has 2 rings (SSSR count). The van der Waals surface area contributed by atoms with Crippen LogP contribution >= 0.6 is 15.9 Å². The number of hydrogen-bond donors (Lipinski definition) is 2. The summed E-state index contributed by atoms with van der Waals surface area (Å²) in [6.07, 6.45) is 0. The summed E-state index contributed by atoms with van der Waals surface area (Å²) in [6.45, 7) is 4.03. The van der Waals surface area contributed by atoms with E-state index < -0.39 is 0 Å². The molecule has 1 aromatic carbocycles. The molecule has 0 saturated carbocycles. The lowest BCUT2D eigenvalue weighted by molar-refractivity contribution is 0.411. The number of imidazole rings is 1. The lowest BCUT2D eigenvalue weighted by atomic mass is 10.0. The standard InChI is InChI=1S/C12H14BrN3O/c1-6-5-9(17-3)7(2)4-8(6)10-11(13)16-12(14)15-10/h4-5H,1-3H3,(H3,14,15,16). The molecule has 1 heterocycles. The first-order valence-corrected chi connectivity index (χ1v) is 5.98. The van der Waals surface area contributed by atoms with Crippen molar-refractivity contribution in [2.75, 3.05) is 12.8 Å². The van der Waals surface area contributed by atoms with Gasteiger partial charge in [0, 0.05) is 5.56 Å². The van der Waals surface area contributed by atoms with Crippen molar-refractivity contribution in [3.63, 3.8) is 0 Å². The number of nitrogens with two attached hydrogens (primary N) is 1. The lowest BCUT2D eigenvalue weighted by Crippen LogP contribution is -1.92. The van der Waals surface area contributed by atoms with Gasteiger partial charge in [-0.3, -0.25) is 0 Å². The Kier molecular flexibility index (Phi) is 3.11. The molecule has 4 nitrogen and oxygen atoms in total. The number of nitrogens with zero attached hydrogens (tertiary/aromatic N) is 1. The normalized spacial score (nSPS) is 10.6. The number of aromatic nitrogens is 2. The van der Waals surface area contributed by atoms with Crippen molar-refractivity contribution in [2.24, 2.45) is 0 Å². The van der Waals surface area contributed by atoms with Gasteiger partial charge in [0.1, 0.15) is 16.0 Å². The lowest BCUT2D eigenvalue weighted by Gasteiger charge is -2.10. The monoisotopic (exact) mass is 295 g/mol. The average Bonchev–Trinajstić information content (AvgIpc) is 2.60. The molecule has 0 aliphatic rings. The molecule has 0 fully saturated rings. The SMILES string of the molecule is COc1cc(C)c(-c2nc(N)[nH]c2Br)cc1C. The predicted molar refractivity (Wildman–Crippen MR) is 72.2 cm³/mol. The Hall–Kier alpha value is -1.49. The number of nitrogens with one attached hydrogen (secondary N) is 1. The zero-order valence-electron chi connectivity index (χ0n) is 9.97. The van der Waals surface area contributed by atoms with E-state index in [1.54, 1.807) is 7.11 Å². The van der Waals surface area contributed by atoms with Gasteiger partial charge in [-0.2, -0.15) is 0 Å². The van der Waals surface area contributed by atoms with Crippen molar-refractivity contribution in [1.82, 2.24) is 9.97 Å². The van der Waals surface area contributed by atoms with Crippen LogP contribution in [-0.2, 0) is 0 Å². The number of halogens is 1. The van der Waals surface area contributed by atoms with Gasteiger partial charge in [-0.15, -0.1) is 0 Å². The summed E-state index contributed by atoms with van der Waals surface area (Å²) in [5.41, 5.74) is 9.68. The van der Waals surface area contributed by atoms with Crippen LogP contribution < -0.4 is 10.5 Å². The largest absolute Gasteiger partial charge is 0.496 e. The quantitative estimate of drug-likeness (QED) is 0.895. The van der Waals surface area contributed by atoms with Crippen LogP contribution in [0, 0.1) is 13.8 Å². The zero-order chi connectivity index (χ0) is 12.6. The Morgan fingerprint density at radius 2 is 2.00 bits per heavy atom. The Labute approximate surface area is 108 Å². The summed E-state index contributed by atoms with van der Waals surface area (Å²) < 4.78 is 6.08. The molecule has 90 valence electrons. The third-order valence-electron chi connectivity index (χ3n) is 2.67. The number of aryl methyl sites for hydroxylation is 2. The Bertz CT molecular complexity index is 563. The summed E-state index contributed by atoms with van der Waals surface area (Å²) in [5.74, 6) is 1.28. The minimum absolute atomic E-state index is 0.403. The Morgan fingerprint density at radius 3 is 2.53 bits per heavy atom. The first-order chi connectivity index (χ1) is 8.02. The minimum Gasteiger partial charge on any atom is -0.496 e. The van der Waals surface area contributed by atoms with Gasteiger partial charge in [-0.1, -0.05) is 0 Å². The van der Waals surface area contributed by atoms with Crippen LogP contribution in [0.15, 0.2) is 16.7 Å². The van der Waals surface area contributed by atoms with Crippen molar-refractivity contribution in [2.45, 2.75) is 13.8 Å². The molecule has 0 spiro atoms. The molecule has 0 unspecified atom stereocenters. The van der Waals surface area contributed by atoms with E-state index in [-0.39, 0.29) is 0 Å². The van der Waals surface area contributed by atoms with Gasteiger partial charge in [-0.25, -0.2) is 4.98 Å². The number of benzene rings is 1. The van der Waals surface area contributed by atoms with Crippen molar-refractivity contribution in [3.8, 4) is 17.0 Å². The number of nitrogen functional groups attached to an aromatic ring is 1. The molecule has 0 saturated heterocycles. The second-order valence-corrected chi connectivity index (χ2v) is 4.71. The molecule has 1 aromatic heterocycles. The van der Waals surface area contributed by atoms with Crippen molar-refractivity contribution < 1.29 is 4.74 Å². The average molecular weight is 296 g/mol. The fraction of sp³-hybridized carbons (Fsp3) is 0.250. The highest BCUT2D eigenvalue weighted by molar-refractivity contribution is 9.10. The van der Waals surface area contributed by atoms with Gasteiger partial charge in [0.25, 0.3) is 0 Å². The molecular weight excluding hydrogens is 282 g/mol. The molecule has 0 aliphatic heterocycles. The number of methoxy groups -OCH3 is 1. The Morgan fingerprint density at radius 1 is 1.29 bits per heavy atom. The first kappa shape index (κ1) is 12.0. The highest BCUT2D eigenvalue weighted by Gasteiger charge is 2.13. The van der Waals surface area contributed by atoms with Gasteiger partial charge in [0.2, 0.25) is 0 Å². The van der Waals surface area contributed by atoms with Crippen LogP contribution in [0.25, 0.3) is 11.3 Å². The molecule has 0 bridgehead atoms. The fourth-order valence-electron chi connectivity index (χ4n) is 1.81. The number of aromatic amines is 1. The number of hydrogen-bond acceptors (Lipinski definition) is 3. The zero-order valence-corrected chi connectivity index (χ0v) is 11.6. The van der Waals surface area contributed by atoms with Crippen LogP contribution in [0.4, 0.5) is 5.95 Å². The smallest absolute Gasteiger partial charge is 0.198 e. The van der Waals surface area contributed by atoms with E-state index in [2.05, 4.69) is 32.0 Å². The van der Waals surface area contributed by atoms with E-state index in [4.69, 9.17) is 10.5 Å². The molecule has 0 aliphatic carbocycles. The van der Waals surface area contributed by atoms with E-state index in [9.17, 15) is 0 Å². The maximum Gasteiger partial charge on any atom is 0.198 e. The summed E-state index contributed by atoms with van der Waals surface area (Å²) in [7, 11) is 1.67.